The van der Waals surface area contributed by atoms with Crippen LogP contribution in [-0.4, -0.2) is 50.1 Å². The lowest BCUT2D eigenvalue weighted by molar-refractivity contribution is -0.143. The first-order chi connectivity index (χ1) is 16.9. The minimum Gasteiger partial charge on any atom is -0.352 e. The Labute approximate surface area is 213 Å². The minimum absolute atomic E-state index is 0.0599. The number of sulfonamides is 1. The lowest BCUT2D eigenvalue weighted by atomic mass is 9.74. The van der Waals surface area contributed by atoms with Gasteiger partial charge in [-0.05, 0) is 61.8 Å². The number of carbonyl (C=O) groups excluding carboxylic acids is 1. The third-order valence-corrected chi connectivity index (χ3v) is 8.80. The average Bonchev–Trinajstić information content (AvgIpc) is 3.21. The molecule has 0 aromatic heterocycles. The summed E-state index contributed by atoms with van der Waals surface area (Å²) in [5.74, 6) is -0.551. The average molecular weight is 558 g/mol. The second-order valence-electron chi connectivity index (χ2n) is 10.5. The molecule has 1 saturated carbocycles. The van der Waals surface area contributed by atoms with Gasteiger partial charge in [0.25, 0.3) is 0 Å². The van der Waals surface area contributed by atoms with E-state index in [1.807, 2.05) is 13.8 Å². The minimum atomic E-state index is -4.96. The van der Waals surface area contributed by atoms with Crippen LogP contribution < -0.4 is 10.6 Å². The zero-order chi connectivity index (χ0) is 27.8. The summed E-state index contributed by atoms with van der Waals surface area (Å²) in [5.41, 5.74) is -3.99. The second-order valence-corrected chi connectivity index (χ2v) is 12.5. The molecule has 2 fully saturated rings. The van der Waals surface area contributed by atoms with Gasteiger partial charge in [0, 0.05) is 31.7 Å². The van der Waals surface area contributed by atoms with Gasteiger partial charge >= 0.3 is 12.4 Å². The number of nitrogens with zero attached hydrogens (tertiary/aromatic N) is 1. The maximum absolute atomic E-state index is 13.3. The molecule has 0 spiro atoms. The van der Waals surface area contributed by atoms with E-state index in [2.05, 4.69) is 10.6 Å². The monoisotopic (exact) mass is 557 g/mol. The number of amides is 1. The number of halogens is 6. The normalized spacial score (nSPS) is 26.0. The highest BCUT2D eigenvalue weighted by Gasteiger charge is 2.48. The molecule has 1 saturated heterocycles. The fourth-order valence-electron chi connectivity index (χ4n) is 5.40. The first-order valence-corrected chi connectivity index (χ1v) is 14.0. The van der Waals surface area contributed by atoms with Crippen LogP contribution in [0.5, 0.6) is 0 Å². The summed E-state index contributed by atoms with van der Waals surface area (Å²) < 4.78 is 104. The van der Waals surface area contributed by atoms with Crippen molar-refractivity contribution in [3.63, 3.8) is 0 Å². The Morgan fingerprint density at radius 2 is 1.65 bits per heavy atom. The molecule has 1 unspecified atom stereocenters. The number of hydrogen-bond acceptors (Lipinski definition) is 4. The van der Waals surface area contributed by atoms with Gasteiger partial charge in [-0.25, -0.2) is 12.7 Å². The fourth-order valence-corrected chi connectivity index (χ4v) is 6.31. The number of carbonyl (C=O) groups is 1. The van der Waals surface area contributed by atoms with Crippen LogP contribution in [0.4, 0.5) is 26.3 Å². The molecule has 1 heterocycles. The van der Waals surface area contributed by atoms with E-state index in [0.29, 0.717) is 50.9 Å². The van der Waals surface area contributed by atoms with Gasteiger partial charge < -0.3 is 10.6 Å². The molecule has 2 aliphatic rings. The van der Waals surface area contributed by atoms with Crippen LogP contribution in [0, 0.1) is 11.3 Å². The van der Waals surface area contributed by atoms with Crippen molar-refractivity contribution in [3.8, 4) is 0 Å². The van der Waals surface area contributed by atoms with E-state index in [9.17, 15) is 39.6 Å². The first kappa shape index (κ1) is 29.7. The predicted octanol–water partition coefficient (Wildman–Crippen LogP) is 4.55. The summed E-state index contributed by atoms with van der Waals surface area (Å²) >= 11 is 0. The zero-order valence-electron chi connectivity index (χ0n) is 21.0. The van der Waals surface area contributed by atoms with Crippen LogP contribution in [0.25, 0.3) is 0 Å². The first-order valence-electron chi connectivity index (χ1n) is 12.2. The van der Waals surface area contributed by atoms with Gasteiger partial charge in [-0.15, -0.1) is 0 Å². The Bertz CT molecular complexity index is 1060. The van der Waals surface area contributed by atoms with E-state index >= 15 is 0 Å². The molecule has 6 nitrogen and oxygen atoms in total. The highest BCUT2D eigenvalue weighted by Crippen LogP contribution is 2.45. The zero-order valence-corrected chi connectivity index (χ0v) is 21.8. The Kier molecular flexibility index (Phi) is 8.60. The van der Waals surface area contributed by atoms with Gasteiger partial charge in [-0.3, -0.25) is 4.79 Å². The fraction of sp³-hybridized carbons (Fsp3) is 0.708. The number of benzene rings is 1. The van der Waals surface area contributed by atoms with Crippen LogP contribution in [0.3, 0.4) is 0 Å². The third-order valence-electron chi connectivity index (χ3n) is 7.53. The Morgan fingerprint density at radius 3 is 2.16 bits per heavy atom. The van der Waals surface area contributed by atoms with Crippen molar-refractivity contribution >= 4 is 15.9 Å². The standard InChI is InChI=1S/C24H33F6N3O3S/c1-15(2)22(7-6-19(12-22)32-20-5-4-8-33(14-20)37(3,35)36)21(34)31-13-16-9-17(23(25,26)27)11-18(10-16)24(28,29)30/h9-11,15,19-20,32H,4-8,12-14H2,1-3H3,(H,31,34)/t19-,20?,22+/m1/s1. The molecule has 3 rings (SSSR count). The van der Waals surface area contributed by atoms with Crippen molar-refractivity contribution in [2.75, 3.05) is 19.3 Å². The van der Waals surface area contributed by atoms with Crippen molar-refractivity contribution in [1.82, 2.24) is 14.9 Å². The van der Waals surface area contributed by atoms with Gasteiger partial charge in [0.1, 0.15) is 0 Å². The van der Waals surface area contributed by atoms with Crippen molar-refractivity contribution in [3.05, 3.63) is 34.9 Å². The molecule has 3 atom stereocenters. The molecule has 37 heavy (non-hydrogen) atoms. The summed E-state index contributed by atoms with van der Waals surface area (Å²) in [5, 5.41) is 6.05. The van der Waals surface area contributed by atoms with Crippen molar-refractivity contribution in [1.29, 1.82) is 0 Å². The largest absolute Gasteiger partial charge is 0.416 e. The summed E-state index contributed by atoms with van der Waals surface area (Å²) in [6.07, 6.45) is -5.69. The molecule has 1 amide bonds. The molecule has 2 N–H and O–H groups in total. The van der Waals surface area contributed by atoms with E-state index in [1.165, 1.54) is 10.6 Å². The molecule has 1 aromatic carbocycles. The van der Waals surface area contributed by atoms with Gasteiger partial charge in [0.2, 0.25) is 15.9 Å². The summed E-state index contributed by atoms with van der Waals surface area (Å²) in [6, 6.07) is 1.17. The van der Waals surface area contributed by atoms with E-state index in [-0.39, 0.29) is 29.6 Å². The van der Waals surface area contributed by atoms with E-state index in [4.69, 9.17) is 0 Å². The van der Waals surface area contributed by atoms with Crippen LogP contribution >= 0.6 is 0 Å². The maximum Gasteiger partial charge on any atom is 0.416 e. The smallest absolute Gasteiger partial charge is 0.352 e. The number of alkyl halides is 6. The van der Waals surface area contributed by atoms with Crippen molar-refractivity contribution < 1.29 is 39.6 Å². The lowest BCUT2D eigenvalue weighted by Gasteiger charge is -2.35. The number of piperidine rings is 1. The van der Waals surface area contributed by atoms with Crippen molar-refractivity contribution in [2.24, 2.45) is 11.3 Å². The van der Waals surface area contributed by atoms with Crippen LogP contribution in [0.2, 0.25) is 0 Å². The maximum atomic E-state index is 13.3. The van der Waals surface area contributed by atoms with E-state index in [1.54, 1.807) is 0 Å². The highest BCUT2D eigenvalue weighted by molar-refractivity contribution is 7.88. The van der Waals surface area contributed by atoms with Crippen molar-refractivity contribution in [2.45, 2.75) is 76.9 Å². The quantitative estimate of drug-likeness (QED) is 0.483. The number of hydrogen-bond donors (Lipinski definition) is 2. The topological polar surface area (TPSA) is 78.5 Å². The molecule has 0 radical (unpaired) electrons. The summed E-state index contributed by atoms with van der Waals surface area (Å²) in [4.78, 5) is 13.3. The predicted molar refractivity (Wildman–Crippen MR) is 126 cm³/mol. The third kappa shape index (κ3) is 7.17. The molecule has 1 aliphatic carbocycles. The molecule has 210 valence electrons. The SMILES string of the molecule is CC(C)[C@]1(C(=O)NCc2cc(C(F)(F)F)cc(C(F)(F)F)c2)CC[C@@H](NC2CCCN(S(C)(=O)=O)C2)C1. The lowest BCUT2D eigenvalue weighted by Crippen LogP contribution is -2.50. The van der Waals surface area contributed by atoms with Crippen LogP contribution in [0.15, 0.2) is 18.2 Å². The Morgan fingerprint density at radius 1 is 1.05 bits per heavy atom. The molecule has 1 aromatic rings. The molecular weight excluding hydrogens is 524 g/mol. The number of rotatable bonds is 7. The Balaban J connectivity index is 1.70. The Hall–Kier alpha value is -1.86. The van der Waals surface area contributed by atoms with Crippen LogP contribution in [0.1, 0.15) is 62.6 Å². The molecule has 13 heteroatoms. The van der Waals surface area contributed by atoms with E-state index in [0.717, 1.165) is 6.42 Å². The van der Waals surface area contributed by atoms with E-state index < -0.39 is 51.4 Å². The van der Waals surface area contributed by atoms with Gasteiger partial charge in [0.15, 0.2) is 0 Å². The van der Waals surface area contributed by atoms with Gasteiger partial charge in [0.05, 0.1) is 22.8 Å². The van der Waals surface area contributed by atoms with Crippen LogP contribution in [-0.2, 0) is 33.7 Å². The van der Waals surface area contributed by atoms with Gasteiger partial charge in [-0.2, -0.15) is 26.3 Å². The highest BCUT2D eigenvalue weighted by atomic mass is 32.2. The number of nitrogens with one attached hydrogen (secondary N) is 2. The molecule has 0 bridgehead atoms. The summed E-state index contributed by atoms with van der Waals surface area (Å²) in [7, 11) is -3.31. The van der Waals surface area contributed by atoms with Gasteiger partial charge in [-0.1, -0.05) is 13.8 Å². The second kappa shape index (κ2) is 10.7. The summed E-state index contributed by atoms with van der Waals surface area (Å²) in [6.45, 7) is 4.06. The molecule has 1 aliphatic heterocycles. The molecular formula is C24H33F6N3O3S.